The summed E-state index contributed by atoms with van der Waals surface area (Å²) in [6.07, 6.45) is 0. The fourth-order valence-corrected chi connectivity index (χ4v) is 1.85. The Morgan fingerprint density at radius 1 is 1.37 bits per heavy atom. The zero-order valence-electron chi connectivity index (χ0n) is 10.4. The Hall–Kier alpha value is -1.99. The third kappa shape index (κ3) is 3.49. The number of carbonyl (C=O) groups is 2. The predicted octanol–water partition coefficient (Wildman–Crippen LogP) is 0.152. The molecule has 19 heavy (non-hydrogen) atoms. The van der Waals surface area contributed by atoms with Crippen molar-refractivity contribution in [3.63, 3.8) is 0 Å². The average molecular weight is 281 g/mol. The Morgan fingerprint density at radius 2 is 1.89 bits per heavy atom. The van der Waals surface area contributed by atoms with E-state index in [-0.39, 0.29) is 11.7 Å². The van der Waals surface area contributed by atoms with Crippen LogP contribution >= 0.6 is 12.2 Å². The van der Waals surface area contributed by atoms with Crippen LogP contribution in [-0.4, -0.2) is 33.5 Å². The van der Waals surface area contributed by atoms with E-state index < -0.39 is 17.9 Å². The molecular weight excluding hydrogens is 266 g/mol. The molecule has 0 aliphatic rings. The van der Waals surface area contributed by atoms with Crippen LogP contribution in [0.1, 0.15) is 17.2 Å². The fourth-order valence-electron chi connectivity index (χ4n) is 1.64. The molecule has 5 N–H and O–H groups in total. The van der Waals surface area contributed by atoms with Crippen LogP contribution in [-0.2, 0) is 9.59 Å². The van der Waals surface area contributed by atoms with Crippen molar-refractivity contribution < 1.29 is 14.7 Å². The Balaban J connectivity index is 3.25. The van der Waals surface area contributed by atoms with Crippen molar-refractivity contribution in [1.82, 2.24) is 4.90 Å². The Morgan fingerprint density at radius 3 is 2.26 bits per heavy atom. The van der Waals surface area contributed by atoms with E-state index in [0.29, 0.717) is 5.56 Å². The van der Waals surface area contributed by atoms with Crippen molar-refractivity contribution in [3.8, 4) is 0 Å². The Labute approximate surface area is 116 Å². The zero-order chi connectivity index (χ0) is 14.6. The van der Waals surface area contributed by atoms with Crippen molar-refractivity contribution in [2.45, 2.75) is 13.0 Å². The number of carboxylic acid groups (broad SMARTS) is 1. The molecule has 0 aromatic heterocycles. The highest BCUT2D eigenvalue weighted by Crippen LogP contribution is 2.21. The summed E-state index contributed by atoms with van der Waals surface area (Å²) in [7, 11) is 0. The number of thiocarbonyl (C=S) groups is 1. The summed E-state index contributed by atoms with van der Waals surface area (Å²) in [4.78, 5) is 23.9. The number of nitrogens with two attached hydrogens (primary N) is 2. The van der Waals surface area contributed by atoms with Crippen LogP contribution in [0, 0.1) is 6.92 Å². The van der Waals surface area contributed by atoms with E-state index >= 15 is 0 Å². The van der Waals surface area contributed by atoms with E-state index in [1.54, 1.807) is 24.3 Å². The van der Waals surface area contributed by atoms with Gasteiger partial charge in [0, 0.05) is 0 Å². The zero-order valence-corrected chi connectivity index (χ0v) is 11.2. The molecule has 6 nitrogen and oxygen atoms in total. The van der Waals surface area contributed by atoms with Gasteiger partial charge in [-0.3, -0.25) is 9.69 Å². The van der Waals surface area contributed by atoms with E-state index in [2.05, 4.69) is 0 Å². The molecule has 1 atom stereocenters. The molecule has 0 saturated carbocycles. The van der Waals surface area contributed by atoms with Crippen LogP contribution in [0.3, 0.4) is 0 Å². The van der Waals surface area contributed by atoms with Crippen molar-refractivity contribution in [2.24, 2.45) is 11.5 Å². The highest BCUT2D eigenvalue weighted by molar-refractivity contribution is 7.80. The van der Waals surface area contributed by atoms with E-state index in [0.717, 1.165) is 10.5 Å². The first-order valence-electron chi connectivity index (χ1n) is 5.49. The number of aliphatic carboxylic acids is 1. The second-order valence-corrected chi connectivity index (χ2v) is 4.38. The van der Waals surface area contributed by atoms with E-state index in [9.17, 15) is 14.7 Å². The molecule has 0 aliphatic carbocycles. The second kappa shape index (κ2) is 6.26. The molecular formula is C12H15N3O3S. The quantitative estimate of drug-likeness (QED) is 0.678. The summed E-state index contributed by atoms with van der Waals surface area (Å²) in [5.74, 6) is -1.86. The molecule has 0 spiro atoms. The number of carboxylic acids is 1. The highest BCUT2D eigenvalue weighted by atomic mass is 32.1. The van der Waals surface area contributed by atoms with Gasteiger partial charge in [0.25, 0.3) is 0 Å². The first-order chi connectivity index (χ1) is 8.88. The van der Waals surface area contributed by atoms with Crippen LogP contribution in [0.2, 0.25) is 0 Å². The first-order valence-corrected chi connectivity index (χ1v) is 5.90. The number of nitrogens with zero attached hydrogens (tertiary/aromatic N) is 1. The number of hydrogen-bond acceptors (Lipinski definition) is 4. The van der Waals surface area contributed by atoms with Gasteiger partial charge in [-0.05, 0) is 24.7 Å². The fraction of sp³-hybridized carbons (Fsp3) is 0.250. The lowest BCUT2D eigenvalue weighted by Gasteiger charge is -2.27. The van der Waals surface area contributed by atoms with Gasteiger partial charge in [0.1, 0.15) is 0 Å². The molecule has 1 aromatic rings. The topological polar surface area (TPSA) is 110 Å². The minimum Gasteiger partial charge on any atom is -0.479 e. The van der Waals surface area contributed by atoms with Crippen molar-refractivity contribution in [3.05, 3.63) is 35.4 Å². The number of aryl methyl sites for hydroxylation is 1. The van der Waals surface area contributed by atoms with Gasteiger partial charge in [0.2, 0.25) is 5.91 Å². The number of amides is 1. The molecule has 1 amide bonds. The molecule has 0 saturated heterocycles. The second-order valence-electron chi connectivity index (χ2n) is 3.96. The third-order valence-corrected chi connectivity index (χ3v) is 2.76. The summed E-state index contributed by atoms with van der Waals surface area (Å²) in [5, 5.41) is 8.99. The van der Waals surface area contributed by atoms with Gasteiger partial charge >= 0.3 is 5.97 Å². The first kappa shape index (κ1) is 15.1. The van der Waals surface area contributed by atoms with E-state index in [1.165, 1.54) is 0 Å². The van der Waals surface area contributed by atoms with E-state index in [1.807, 2.05) is 6.92 Å². The standard InChI is InChI=1S/C12H15N3O3S/c1-7-2-4-8(5-3-7)10(11(17)18)15(12(14)19)9(16)6-13/h2-5,10H,6,13H2,1H3,(H2,14,19)(H,17,18). The lowest BCUT2D eigenvalue weighted by molar-refractivity contribution is -0.146. The molecule has 0 fully saturated rings. The molecule has 102 valence electrons. The van der Waals surface area contributed by atoms with Gasteiger partial charge in [-0.1, -0.05) is 29.8 Å². The summed E-state index contributed by atoms with van der Waals surface area (Å²) >= 11 is 4.74. The largest absolute Gasteiger partial charge is 0.479 e. The molecule has 0 aliphatic heterocycles. The van der Waals surface area contributed by atoms with Gasteiger partial charge in [-0.25, -0.2) is 4.79 Å². The van der Waals surface area contributed by atoms with Gasteiger partial charge in [0.05, 0.1) is 6.54 Å². The van der Waals surface area contributed by atoms with Crippen molar-refractivity contribution in [1.29, 1.82) is 0 Å². The van der Waals surface area contributed by atoms with Crippen LogP contribution in [0.15, 0.2) is 24.3 Å². The van der Waals surface area contributed by atoms with Crippen LogP contribution in [0.25, 0.3) is 0 Å². The number of rotatable bonds is 4. The molecule has 7 heteroatoms. The van der Waals surface area contributed by atoms with Crippen molar-refractivity contribution >= 4 is 29.2 Å². The van der Waals surface area contributed by atoms with E-state index in [4.69, 9.17) is 23.7 Å². The van der Waals surface area contributed by atoms with Crippen LogP contribution in [0.4, 0.5) is 0 Å². The lowest BCUT2D eigenvalue weighted by atomic mass is 10.0. The minimum atomic E-state index is -1.27. The highest BCUT2D eigenvalue weighted by Gasteiger charge is 2.32. The molecule has 0 bridgehead atoms. The van der Waals surface area contributed by atoms with Crippen LogP contribution < -0.4 is 11.5 Å². The number of benzene rings is 1. The predicted molar refractivity (Wildman–Crippen MR) is 74.2 cm³/mol. The number of hydrogen-bond donors (Lipinski definition) is 3. The third-order valence-electron chi connectivity index (χ3n) is 2.57. The summed E-state index contributed by atoms with van der Waals surface area (Å²) in [5.41, 5.74) is 12.1. The van der Waals surface area contributed by atoms with Crippen LogP contribution in [0.5, 0.6) is 0 Å². The maximum absolute atomic E-state index is 11.7. The maximum atomic E-state index is 11.7. The molecule has 1 aromatic carbocycles. The SMILES string of the molecule is Cc1ccc(C(C(=O)O)N(C(=O)CN)C(N)=S)cc1. The minimum absolute atomic E-state index is 0.316. The van der Waals surface area contributed by atoms with Gasteiger partial charge < -0.3 is 16.6 Å². The smallest absolute Gasteiger partial charge is 0.331 e. The maximum Gasteiger partial charge on any atom is 0.331 e. The lowest BCUT2D eigenvalue weighted by Crippen LogP contribution is -2.48. The summed E-state index contributed by atoms with van der Waals surface area (Å²) < 4.78 is 0. The summed E-state index contributed by atoms with van der Waals surface area (Å²) in [6, 6.07) is 5.45. The average Bonchev–Trinajstić information content (AvgIpc) is 2.35. The summed E-state index contributed by atoms with van der Waals surface area (Å²) in [6.45, 7) is 1.50. The molecule has 1 unspecified atom stereocenters. The van der Waals surface area contributed by atoms with Crippen molar-refractivity contribution in [2.75, 3.05) is 6.54 Å². The molecule has 0 heterocycles. The Kier molecular flexibility index (Phi) is 4.96. The van der Waals surface area contributed by atoms with Gasteiger partial charge in [0.15, 0.2) is 11.2 Å². The number of carbonyl (C=O) groups excluding carboxylic acids is 1. The molecule has 1 rings (SSSR count). The van der Waals surface area contributed by atoms with Gasteiger partial charge in [-0.2, -0.15) is 0 Å². The normalized spacial score (nSPS) is 11.7. The monoisotopic (exact) mass is 281 g/mol. The Bertz CT molecular complexity index is 501. The van der Waals surface area contributed by atoms with Gasteiger partial charge in [-0.15, -0.1) is 0 Å². The molecule has 0 radical (unpaired) electrons.